The topological polar surface area (TPSA) is 75.3 Å². The van der Waals surface area contributed by atoms with E-state index in [1.165, 1.54) is 64.2 Å². The smallest absolute Gasteiger partial charge is 0.220 e. The molecule has 1 amide bonds. The first-order valence-electron chi connectivity index (χ1n) is 12.4. The summed E-state index contributed by atoms with van der Waals surface area (Å²) in [5.41, 5.74) is 7.87. The van der Waals surface area contributed by atoms with Crippen LogP contribution in [0.15, 0.2) is 24.3 Å². The Morgan fingerprint density at radius 2 is 1.40 bits per heavy atom. The predicted octanol–water partition coefficient (Wildman–Crippen LogP) is 5.99. The molecule has 0 bridgehead atoms. The fourth-order valence-corrected chi connectivity index (χ4v) is 3.90. The van der Waals surface area contributed by atoms with Gasteiger partial charge in [-0.3, -0.25) is 4.79 Å². The zero-order valence-corrected chi connectivity index (χ0v) is 19.3. The van der Waals surface area contributed by atoms with Crippen LogP contribution < -0.4 is 11.1 Å². The second-order valence-corrected chi connectivity index (χ2v) is 8.62. The van der Waals surface area contributed by atoms with Crippen molar-refractivity contribution in [3.8, 4) is 0 Å². The van der Waals surface area contributed by atoms with Crippen LogP contribution in [0.4, 0.5) is 0 Å². The maximum absolute atomic E-state index is 12.0. The summed E-state index contributed by atoms with van der Waals surface area (Å²) < 4.78 is 0. The molecular weight excluding hydrogens is 372 g/mol. The van der Waals surface area contributed by atoms with E-state index in [1.54, 1.807) is 0 Å². The van der Waals surface area contributed by atoms with Crippen LogP contribution in [0.25, 0.3) is 0 Å². The number of carbonyl (C=O) groups excluding carboxylic acids is 1. The normalized spacial score (nSPS) is 12.1. The maximum Gasteiger partial charge on any atom is 0.220 e. The Kier molecular flexibility index (Phi) is 16.3. The third kappa shape index (κ3) is 13.8. The minimum Gasteiger partial charge on any atom is -0.393 e. The van der Waals surface area contributed by atoms with Crippen LogP contribution in [0.2, 0.25) is 0 Å². The summed E-state index contributed by atoms with van der Waals surface area (Å²) >= 11 is 0. The Morgan fingerprint density at radius 3 is 2.00 bits per heavy atom. The van der Waals surface area contributed by atoms with Gasteiger partial charge in [0.2, 0.25) is 5.91 Å². The number of hydrogen-bond donors (Lipinski definition) is 3. The number of aliphatic hydroxyl groups is 1. The molecule has 1 aromatic rings. The molecule has 0 aliphatic rings. The van der Waals surface area contributed by atoms with Gasteiger partial charge in [0.05, 0.1) is 6.10 Å². The molecule has 30 heavy (non-hydrogen) atoms. The van der Waals surface area contributed by atoms with E-state index in [-0.39, 0.29) is 12.0 Å². The highest BCUT2D eigenvalue weighted by Crippen LogP contribution is 2.14. The number of amides is 1. The van der Waals surface area contributed by atoms with E-state index in [1.807, 2.05) is 24.3 Å². The van der Waals surface area contributed by atoms with Gasteiger partial charge in [-0.25, -0.2) is 0 Å². The Bertz CT molecular complexity index is 548. The van der Waals surface area contributed by atoms with Crippen molar-refractivity contribution in [1.82, 2.24) is 5.32 Å². The van der Waals surface area contributed by atoms with Crippen LogP contribution in [0, 0.1) is 0 Å². The molecule has 1 unspecified atom stereocenters. The fourth-order valence-electron chi connectivity index (χ4n) is 3.90. The van der Waals surface area contributed by atoms with Crippen LogP contribution >= 0.6 is 0 Å². The number of unbranched alkanes of at least 4 members (excludes halogenated alkanes) is 10. The summed E-state index contributed by atoms with van der Waals surface area (Å²) in [6, 6.07) is 7.92. The predicted molar refractivity (Wildman–Crippen MR) is 127 cm³/mol. The number of hydrogen-bond acceptors (Lipinski definition) is 3. The number of rotatable bonds is 19. The third-order valence-electron chi connectivity index (χ3n) is 5.90. The Balaban J connectivity index is 1.94. The van der Waals surface area contributed by atoms with Crippen molar-refractivity contribution >= 4 is 5.91 Å². The first-order valence-corrected chi connectivity index (χ1v) is 12.4. The second kappa shape index (κ2) is 18.4. The molecule has 0 aliphatic heterocycles. The highest BCUT2D eigenvalue weighted by molar-refractivity contribution is 5.75. The molecule has 172 valence electrons. The van der Waals surface area contributed by atoms with Gasteiger partial charge in [-0.1, -0.05) is 102 Å². The molecule has 0 saturated carbocycles. The lowest BCUT2D eigenvalue weighted by molar-refractivity contribution is -0.121. The average molecular weight is 419 g/mol. The molecule has 0 aliphatic carbocycles. The summed E-state index contributed by atoms with van der Waals surface area (Å²) in [4.78, 5) is 12.0. The molecule has 0 radical (unpaired) electrons. The standard InChI is InChI=1S/C26H46N2O2/c1-2-3-4-5-6-7-8-9-10-11-12-18-25(29)19-15-20-26(30)28-22-24-17-14-13-16-23(24)21-27/h13-14,16-17,25,29H,2-12,15,18-22,27H2,1H3,(H,28,30). The maximum atomic E-state index is 12.0. The molecule has 4 nitrogen and oxygen atoms in total. The molecule has 1 rings (SSSR count). The van der Waals surface area contributed by atoms with Crippen molar-refractivity contribution in [3.05, 3.63) is 35.4 Å². The van der Waals surface area contributed by atoms with E-state index >= 15 is 0 Å². The number of aliphatic hydroxyl groups excluding tert-OH is 1. The van der Waals surface area contributed by atoms with Crippen molar-refractivity contribution in [3.63, 3.8) is 0 Å². The van der Waals surface area contributed by atoms with Crippen molar-refractivity contribution < 1.29 is 9.90 Å². The largest absolute Gasteiger partial charge is 0.393 e. The molecule has 0 heterocycles. The van der Waals surface area contributed by atoms with Gasteiger partial charge in [0.1, 0.15) is 0 Å². The van der Waals surface area contributed by atoms with Crippen molar-refractivity contribution in [1.29, 1.82) is 0 Å². The van der Waals surface area contributed by atoms with E-state index in [4.69, 9.17) is 5.73 Å². The van der Waals surface area contributed by atoms with Gasteiger partial charge in [-0.2, -0.15) is 0 Å². The van der Waals surface area contributed by atoms with Gasteiger partial charge in [0.15, 0.2) is 0 Å². The minimum atomic E-state index is -0.269. The summed E-state index contributed by atoms with van der Waals surface area (Å²) in [5.74, 6) is 0.0451. The molecular formula is C26H46N2O2. The zero-order chi connectivity index (χ0) is 21.9. The van der Waals surface area contributed by atoms with Gasteiger partial charge in [0, 0.05) is 19.5 Å². The van der Waals surface area contributed by atoms with Crippen LogP contribution in [-0.4, -0.2) is 17.1 Å². The molecule has 4 heteroatoms. The number of nitrogens with two attached hydrogens (primary N) is 1. The lowest BCUT2D eigenvalue weighted by atomic mass is 10.0. The van der Waals surface area contributed by atoms with Crippen molar-refractivity contribution in [2.75, 3.05) is 0 Å². The number of benzene rings is 1. The second-order valence-electron chi connectivity index (χ2n) is 8.62. The highest BCUT2D eigenvalue weighted by Gasteiger charge is 2.08. The number of nitrogens with one attached hydrogen (secondary N) is 1. The van der Waals surface area contributed by atoms with Crippen molar-refractivity contribution in [2.45, 2.75) is 122 Å². The van der Waals surface area contributed by atoms with Crippen LogP contribution in [-0.2, 0) is 17.9 Å². The summed E-state index contributed by atoms with van der Waals surface area (Å²) in [6.45, 7) is 3.27. The van der Waals surface area contributed by atoms with E-state index < -0.39 is 0 Å². The quantitative estimate of drug-likeness (QED) is 0.241. The minimum absolute atomic E-state index is 0.0451. The molecule has 1 atom stereocenters. The van der Waals surface area contributed by atoms with Crippen LogP contribution in [0.3, 0.4) is 0 Å². The number of carbonyl (C=O) groups is 1. The fraction of sp³-hybridized carbons (Fsp3) is 0.731. The first-order chi connectivity index (χ1) is 14.7. The molecule has 0 saturated heterocycles. The SMILES string of the molecule is CCCCCCCCCCCCCC(O)CCCC(=O)NCc1ccccc1CN. The van der Waals surface area contributed by atoms with Gasteiger partial charge in [-0.05, 0) is 30.4 Å². The Labute approximate surface area is 185 Å². The molecule has 4 N–H and O–H groups in total. The first kappa shape index (κ1) is 26.6. The summed E-state index contributed by atoms with van der Waals surface area (Å²) in [6.07, 6.45) is 17.1. The zero-order valence-electron chi connectivity index (χ0n) is 19.3. The molecule has 0 aromatic heterocycles. The third-order valence-corrected chi connectivity index (χ3v) is 5.90. The lowest BCUT2D eigenvalue weighted by Crippen LogP contribution is -2.23. The van der Waals surface area contributed by atoms with Gasteiger partial charge < -0.3 is 16.2 Å². The highest BCUT2D eigenvalue weighted by atomic mass is 16.3. The Hall–Kier alpha value is -1.39. The van der Waals surface area contributed by atoms with Gasteiger partial charge in [-0.15, -0.1) is 0 Å². The molecule has 0 spiro atoms. The summed E-state index contributed by atoms with van der Waals surface area (Å²) in [5, 5.41) is 13.1. The van der Waals surface area contributed by atoms with Crippen molar-refractivity contribution in [2.24, 2.45) is 5.73 Å². The van der Waals surface area contributed by atoms with Gasteiger partial charge in [0.25, 0.3) is 0 Å². The van der Waals surface area contributed by atoms with Crippen LogP contribution in [0.1, 0.15) is 114 Å². The van der Waals surface area contributed by atoms with Crippen LogP contribution in [0.5, 0.6) is 0 Å². The monoisotopic (exact) mass is 418 g/mol. The van der Waals surface area contributed by atoms with E-state index in [0.29, 0.717) is 25.9 Å². The van der Waals surface area contributed by atoms with E-state index in [0.717, 1.165) is 30.4 Å². The van der Waals surface area contributed by atoms with Gasteiger partial charge >= 0.3 is 0 Å². The van der Waals surface area contributed by atoms with E-state index in [9.17, 15) is 9.90 Å². The summed E-state index contributed by atoms with van der Waals surface area (Å²) in [7, 11) is 0. The molecule has 1 aromatic carbocycles. The lowest BCUT2D eigenvalue weighted by Gasteiger charge is -2.11. The Morgan fingerprint density at radius 1 is 0.867 bits per heavy atom. The molecule has 0 fully saturated rings. The van der Waals surface area contributed by atoms with E-state index in [2.05, 4.69) is 12.2 Å². The average Bonchev–Trinajstić information content (AvgIpc) is 2.76.